The van der Waals surface area contributed by atoms with Crippen LogP contribution in [-0.2, 0) is 6.42 Å². The lowest BCUT2D eigenvalue weighted by Gasteiger charge is -2.35. The number of carbonyl (C=O) groups is 1. The summed E-state index contributed by atoms with van der Waals surface area (Å²) in [6, 6.07) is 13.9. The summed E-state index contributed by atoms with van der Waals surface area (Å²) in [6.07, 6.45) is 3.51. The van der Waals surface area contributed by atoms with Crippen LogP contribution in [0, 0.1) is 12.7 Å². The minimum Gasteiger partial charge on any atom is -0.441 e. The van der Waals surface area contributed by atoms with Crippen molar-refractivity contribution in [3.8, 4) is 10.4 Å². The van der Waals surface area contributed by atoms with E-state index in [0.29, 0.717) is 24.6 Å². The van der Waals surface area contributed by atoms with Crippen molar-refractivity contribution in [2.75, 3.05) is 6.54 Å². The first kappa shape index (κ1) is 19.9. The molecule has 0 saturated carbocycles. The zero-order chi connectivity index (χ0) is 21.4. The maximum atomic E-state index is 13.6. The lowest BCUT2D eigenvalue weighted by atomic mass is 9.98. The molecule has 1 saturated heterocycles. The molecule has 1 atom stereocenters. The SMILES string of the molecule is Cc1nc(C(=O)N2CCCC[C@H]2Cc2nc3ccccc3o2)c(-c2ccc(F)cc2)s1. The van der Waals surface area contributed by atoms with Crippen LogP contribution in [0.5, 0.6) is 0 Å². The molecule has 158 valence electrons. The van der Waals surface area contributed by atoms with Crippen molar-refractivity contribution < 1.29 is 13.6 Å². The van der Waals surface area contributed by atoms with Crippen molar-refractivity contribution in [2.45, 2.75) is 38.6 Å². The number of rotatable bonds is 4. The Morgan fingerprint density at radius 2 is 1.97 bits per heavy atom. The summed E-state index contributed by atoms with van der Waals surface area (Å²) in [5.41, 5.74) is 2.85. The summed E-state index contributed by atoms with van der Waals surface area (Å²) in [6.45, 7) is 2.57. The molecule has 31 heavy (non-hydrogen) atoms. The van der Waals surface area contributed by atoms with E-state index >= 15 is 0 Å². The Balaban J connectivity index is 1.44. The average Bonchev–Trinajstić information content (AvgIpc) is 3.37. The van der Waals surface area contributed by atoms with Crippen molar-refractivity contribution in [2.24, 2.45) is 0 Å². The predicted molar refractivity (Wildman–Crippen MR) is 119 cm³/mol. The largest absolute Gasteiger partial charge is 0.441 e. The molecular weight excluding hydrogens is 413 g/mol. The number of thiazole rings is 1. The summed E-state index contributed by atoms with van der Waals surface area (Å²) in [7, 11) is 0. The molecule has 1 aliphatic heterocycles. The van der Waals surface area contributed by atoms with E-state index in [1.807, 2.05) is 36.1 Å². The van der Waals surface area contributed by atoms with Gasteiger partial charge in [0.25, 0.3) is 5.91 Å². The van der Waals surface area contributed by atoms with Crippen LogP contribution in [0.2, 0.25) is 0 Å². The number of carbonyl (C=O) groups excluding carboxylic acids is 1. The monoisotopic (exact) mass is 435 g/mol. The first-order chi connectivity index (χ1) is 15.1. The third kappa shape index (κ3) is 3.97. The summed E-state index contributed by atoms with van der Waals surface area (Å²) >= 11 is 1.46. The van der Waals surface area contributed by atoms with Crippen molar-refractivity contribution >= 4 is 28.3 Å². The molecule has 5 rings (SSSR count). The summed E-state index contributed by atoms with van der Waals surface area (Å²) < 4.78 is 19.3. The molecule has 0 aliphatic carbocycles. The second kappa shape index (κ2) is 8.23. The van der Waals surface area contributed by atoms with E-state index in [0.717, 1.165) is 45.8 Å². The van der Waals surface area contributed by atoms with Crippen LogP contribution < -0.4 is 0 Å². The lowest BCUT2D eigenvalue weighted by Crippen LogP contribution is -2.45. The Kier molecular flexibility index (Phi) is 5.28. The van der Waals surface area contributed by atoms with Gasteiger partial charge in [-0.1, -0.05) is 24.3 Å². The summed E-state index contributed by atoms with van der Waals surface area (Å²) in [4.78, 5) is 25.4. The molecule has 4 aromatic rings. The molecular formula is C24H22FN3O2S. The number of nitrogens with zero attached hydrogens (tertiary/aromatic N) is 3. The number of aryl methyl sites for hydroxylation is 1. The maximum absolute atomic E-state index is 13.6. The topological polar surface area (TPSA) is 59.2 Å². The second-order valence-electron chi connectivity index (χ2n) is 7.85. The summed E-state index contributed by atoms with van der Waals surface area (Å²) in [5, 5.41) is 0.815. The van der Waals surface area contributed by atoms with Gasteiger partial charge in [-0.15, -0.1) is 11.3 Å². The Hall–Kier alpha value is -3.06. The fourth-order valence-corrected chi connectivity index (χ4v) is 5.11. The number of oxazole rings is 1. The van der Waals surface area contributed by atoms with E-state index in [4.69, 9.17) is 4.42 Å². The molecule has 7 heteroatoms. The Morgan fingerprint density at radius 1 is 1.16 bits per heavy atom. The van der Waals surface area contributed by atoms with Gasteiger partial charge in [0.2, 0.25) is 0 Å². The van der Waals surface area contributed by atoms with Gasteiger partial charge in [0.15, 0.2) is 11.5 Å². The third-order valence-corrected chi connectivity index (χ3v) is 6.70. The molecule has 1 aliphatic rings. The van der Waals surface area contributed by atoms with Crippen molar-refractivity contribution in [1.82, 2.24) is 14.9 Å². The fourth-order valence-electron chi connectivity index (χ4n) is 4.19. The highest BCUT2D eigenvalue weighted by molar-refractivity contribution is 7.15. The molecule has 1 fully saturated rings. The van der Waals surface area contributed by atoms with E-state index in [2.05, 4.69) is 9.97 Å². The van der Waals surface area contributed by atoms with Gasteiger partial charge in [-0.2, -0.15) is 0 Å². The zero-order valence-corrected chi connectivity index (χ0v) is 18.0. The number of amides is 1. The van der Waals surface area contributed by atoms with Crippen LogP contribution >= 0.6 is 11.3 Å². The number of hydrogen-bond acceptors (Lipinski definition) is 5. The minimum absolute atomic E-state index is 0.0115. The zero-order valence-electron chi connectivity index (χ0n) is 17.2. The highest BCUT2D eigenvalue weighted by Gasteiger charge is 2.32. The van der Waals surface area contributed by atoms with Crippen LogP contribution in [0.4, 0.5) is 4.39 Å². The van der Waals surface area contributed by atoms with Gasteiger partial charge < -0.3 is 9.32 Å². The first-order valence-corrected chi connectivity index (χ1v) is 11.3. The Labute approximate surface area is 183 Å². The van der Waals surface area contributed by atoms with Crippen LogP contribution in [-0.4, -0.2) is 33.4 Å². The molecule has 0 spiro atoms. The standard InChI is InChI=1S/C24H22FN3O2S/c1-15-26-22(23(31-15)16-9-11-17(25)12-10-16)24(29)28-13-5-4-6-18(28)14-21-27-19-7-2-3-8-20(19)30-21/h2-3,7-12,18H,4-6,13-14H2,1H3/t18-/m0/s1. The predicted octanol–water partition coefficient (Wildman–Crippen LogP) is 5.64. The quantitative estimate of drug-likeness (QED) is 0.416. The van der Waals surface area contributed by atoms with Crippen molar-refractivity contribution in [3.05, 3.63) is 70.9 Å². The maximum Gasteiger partial charge on any atom is 0.274 e. The van der Waals surface area contributed by atoms with Crippen LogP contribution in [0.25, 0.3) is 21.5 Å². The van der Waals surface area contributed by atoms with Gasteiger partial charge in [0, 0.05) is 19.0 Å². The number of piperidine rings is 1. The van der Waals surface area contributed by atoms with Gasteiger partial charge in [-0.25, -0.2) is 14.4 Å². The van der Waals surface area contributed by atoms with E-state index in [-0.39, 0.29) is 17.8 Å². The number of hydrogen-bond donors (Lipinski definition) is 0. The van der Waals surface area contributed by atoms with Crippen LogP contribution in [0.3, 0.4) is 0 Å². The fraction of sp³-hybridized carbons (Fsp3) is 0.292. The first-order valence-electron chi connectivity index (χ1n) is 10.5. The normalized spacial score (nSPS) is 16.7. The Morgan fingerprint density at radius 3 is 2.77 bits per heavy atom. The number of aromatic nitrogens is 2. The third-order valence-electron chi connectivity index (χ3n) is 5.68. The van der Waals surface area contributed by atoms with E-state index in [1.165, 1.54) is 23.5 Å². The van der Waals surface area contributed by atoms with Crippen molar-refractivity contribution in [3.63, 3.8) is 0 Å². The molecule has 0 radical (unpaired) electrons. The molecule has 0 bridgehead atoms. The van der Waals surface area contributed by atoms with Gasteiger partial charge >= 0.3 is 0 Å². The van der Waals surface area contributed by atoms with Crippen molar-refractivity contribution in [1.29, 1.82) is 0 Å². The van der Waals surface area contributed by atoms with Gasteiger partial charge in [-0.3, -0.25) is 4.79 Å². The lowest BCUT2D eigenvalue weighted by molar-refractivity contribution is 0.0601. The number of fused-ring (bicyclic) bond motifs is 1. The highest BCUT2D eigenvalue weighted by Crippen LogP contribution is 2.33. The molecule has 1 amide bonds. The number of benzene rings is 2. The van der Waals surface area contributed by atoms with Gasteiger partial charge in [-0.05, 0) is 56.0 Å². The van der Waals surface area contributed by atoms with E-state index in [9.17, 15) is 9.18 Å². The molecule has 5 nitrogen and oxygen atoms in total. The minimum atomic E-state index is -0.299. The summed E-state index contributed by atoms with van der Waals surface area (Å²) in [5.74, 6) is 0.274. The molecule has 2 aromatic carbocycles. The molecule has 2 aromatic heterocycles. The molecule has 0 N–H and O–H groups in total. The van der Waals surface area contributed by atoms with E-state index in [1.54, 1.807) is 12.1 Å². The highest BCUT2D eigenvalue weighted by atomic mass is 32.1. The molecule has 0 unspecified atom stereocenters. The van der Waals surface area contributed by atoms with Crippen LogP contribution in [0.1, 0.15) is 40.6 Å². The second-order valence-corrected chi connectivity index (χ2v) is 9.05. The number of halogens is 1. The smallest absolute Gasteiger partial charge is 0.274 e. The average molecular weight is 436 g/mol. The van der Waals surface area contributed by atoms with Gasteiger partial charge in [0.1, 0.15) is 17.0 Å². The molecule has 3 heterocycles. The van der Waals surface area contributed by atoms with Crippen LogP contribution in [0.15, 0.2) is 52.9 Å². The number of likely N-dealkylation sites (tertiary alicyclic amines) is 1. The van der Waals surface area contributed by atoms with Gasteiger partial charge in [0.05, 0.1) is 9.88 Å². The van der Waals surface area contributed by atoms with E-state index < -0.39 is 0 Å². The number of para-hydroxylation sites is 2. The Bertz CT molecular complexity index is 1200.